The summed E-state index contributed by atoms with van der Waals surface area (Å²) in [6.07, 6.45) is -4.32. The number of thioether (sulfide) groups is 1. The van der Waals surface area contributed by atoms with Crippen molar-refractivity contribution in [1.82, 2.24) is 42.5 Å². The van der Waals surface area contributed by atoms with E-state index < -0.39 is 176 Å². The Hall–Kier alpha value is -6.16. The molecule has 402 valence electrons. The van der Waals surface area contributed by atoms with Crippen molar-refractivity contribution in [3.63, 3.8) is 0 Å². The highest BCUT2D eigenvalue weighted by atomic mass is 32.2. The molecule has 0 aromatic rings. The quantitative estimate of drug-likeness (QED) is 0.0120. The topological polar surface area (TPSA) is 513 Å². The molecule has 0 heterocycles. The summed E-state index contributed by atoms with van der Waals surface area (Å²) >= 11 is 8.91. The fourth-order valence-corrected chi connectivity index (χ4v) is 6.64. The molecule has 0 rings (SSSR count). The first-order valence-electron chi connectivity index (χ1n) is 21.3. The summed E-state index contributed by atoms with van der Waals surface area (Å²) in [4.78, 5) is 157. The molecule has 0 aromatic carbocycles. The van der Waals surface area contributed by atoms with E-state index in [9.17, 15) is 88.2 Å². The molecule has 10 atom stereocenters. The van der Waals surface area contributed by atoms with Crippen molar-refractivity contribution < 1.29 is 88.2 Å². The highest BCUT2D eigenvalue weighted by Gasteiger charge is 2.36. The van der Waals surface area contributed by atoms with Gasteiger partial charge in [0.1, 0.15) is 48.3 Å². The predicted octanol–water partition coefficient (Wildman–Crippen LogP) is -7.48. The largest absolute Gasteiger partial charge is 0.481 e. The van der Waals surface area contributed by atoms with Crippen LogP contribution in [0.25, 0.3) is 0 Å². The molecule has 71 heavy (non-hydrogen) atoms. The van der Waals surface area contributed by atoms with Gasteiger partial charge in [0, 0.05) is 30.9 Å². The van der Waals surface area contributed by atoms with E-state index in [-0.39, 0.29) is 43.3 Å². The SMILES string of the molecule is CSCC[C@H](NC(=O)[C@H](CO)NC(=O)[C@H](CCC(=O)O)NC(=O)[C@@H](NC(=O)[C@@H](N)CS)[C@@H](C)O)C(=O)N[C@@H](CCC(=O)O)C(=O)N[C@@H](CCCN=C(N)N)C(=O)N[C@@H](CC(=O)O)C(=O)N[C@@H](CS)C(=O)O. The first-order chi connectivity index (χ1) is 33.2. The van der Waals surface area contributed by atoms with Crippen molar-refractivity contribution in [3.05, 3.63) is 0 Å². The number of aliphatic hydroxyl groups excluding tert-OH is 2. The first-order valence-corrected chi connectivity index (χ1v) is 24.0. The van der Waals surface area contributed by atoms with Gasteiger partial charge in [-0.25, -0.2) is 4.79 Å². The van der Waals surface area contributed by atoms with Gasteiger partial charge in [0.25, 0.3) is 0 Å². The molecule has 30 nitrogen and oxygen atoms in total. The maximum absolute atomic E-state index is 13.9. The summed E-state index contributed by atoms with van der Waals surface area (Å²) in [5, 5.41) is 75.5. The van der Waals surface area contributed by atoms with Crippen LogP contribution in [0.1, 0.15) is 58.3 Å². The summed E-state index contributed by atoms with van der Waals surface area (Å²) < 4.78 is 0. The average molecular weight is 1070 g/mol. The number of aliphatic imine (C=N–C) groups is 1. The number of aliphatic carboxylic acids is 4. The molecule has 20 N–H and O–H groups in total. The molecular weight excluding hydrogens is 1010 g/mol. The number of thiol groups is 2. The van der Waals surface area contributed by atoms with Gasteiger partial charge < -0.3 is 90.4 Å². The molecule has 0 aromatic heterocycles. The molecule has 0 fully saturated rings. The van der Waals surface area contributed by atoms with Crippen LogP contribution in [0.15, 0.2) is 4.99 Å². The minimum Gasteiger partial charge on any atom is -0.481 e. The van der Waals surface area contributed by atoms with Crippen LogP contribution in [0.4, 0.5) is 0 Å². The number of carboxylic acids is 4. The third kappa shape index (κ3) is 26.0. The fraction of sp³-hybridized carbons (Fsp3) is 0.658. The van der Waals surface area contributed by atoms with E-state index in [4.69, 9.17) is 17.2 Å². The van der Waals surface area contributed by atoms with Crippen molar-refractivity contribution in [2.75, 3.05) is 36.7 Å². The monoisotopic (exact) mass is 1070 g/mol. The number of hydrogen-bond acceptors (Lipinski definition) is 19. The molecule has 33 heteroatoms. The van der Waals surface area contributed by atoms with Crippen LogP contribution in [0.2, 0.25) is 0 Å². The van der Waals surface area contributed by atoms with Crippen LogP contribution in [-0.2, 0) is 57.5 Å². The number of carboxylic acid groups (broad SMARTS) is 4. The third-order valence-electron chi connectivity index (χ3n) is 9.60. The molecule has 0 aliphatic rings. The Morgan fingerprint density at radius 3 is 1.35 bits per heavy atom. The highest BCUT2D eigenvalue weighted by Crippen LogP contribution is 2.09. The van der Waals surface area contributed by atoms with Crippen molar-refractivity contribution >= 4 is 114 Å². The fourth-order valence-electron chi connectivity index (χ4n) is 5.76. The molecule has 0 unspecified atom stereocenters. The number of carbonyl (C=O) groups is 12. The number of rotatable bonds is 36. The van der Waals surface area contributed by atoms with E-state index in [0.29, 0.717) is 0 Å². The van der Waals surface area contributed by atoms with Gasteiger partial charge in [-0.3, -0.25) is 57.7 Å². The summed E-state index contributed by atoms with van der Waals surface area (Å²) in [6.45, 7) is -0.155. The number of hydrogen-bond donors (Lipinski definition) is 19. The second kappa shape index (κ2) is 34.2. The van der Waals surface area contributed by atoms with Gasteiger partial charge in [-0.2, -0.15) is 37.0 Å². The molecule has 0 radical (unpaired) electrons. The lowest BCUT2D eigenvalue weighted by molar-refractivity contribution is -0.143. The summed E-state index contributed by atoms with van der Waals surface area (Å²) in [7, 11) is 0. The Balaban J connectivity index is 6.69. The number of nitrogens with two attached hydrogens (primary N) is 3. The predicted molar refractivity (Wildman–Crippen MR) is 256 cm³/mol. The zero-order valence-electron chi connectivity index (χ0n) is 38.5. The second-order valence-corrected chi connectivity index (χ2v) is 17.1. The average Bonchev–Trinajstić information content (AvgIpc) is 3.29. The van der Waals surface area contributed by atoms with E-state index in [0.717, 1.165) is 6.92 Å². The number of nitrogens with one attached hydrogen (secondary N) is 8. The minimum absolute atomic E-state index is 0.0521. The number of nitrogens with zero attached hydrogens (tertiary/aromatic N) is 1. The zero-order valence-corrected chi connectivity index (χ0v) is 41.1. The molecular formula is C38H64N12O18S3. The van der Waals surface area contributed by atoms with Crippen LogP contribution in [0.5, 0.6) is 0 Å². The number of guanidine groups is 1. The Morgan fingerprint density at radius 2 is 0.958 bits per heavy atom. The van der Waals surface area contributed by atoms with Gasteiger partial charge in [0.05, 0.1) is 25.2 Å². The van der Waals surface area contributed by atoms with Crippen LogP contribution in [0.3, 0.4) is 0 Å². The number of aliphatic hydroxyl groups is 2. The second-order valence-electron chi connectivity index (χ2n) is 15.3. The normalized spacial score (nSPS) is 15.1. The minimum atomic E-state index is -1.91. The Bertz CT molecular complexity index is 1910. The van der Waals surface area contributed by atoms with E-state index in [1.807, 2.05) is 5.32 Å². The Labute approximate surface area is 421 Å². The standard InChI is InChI=1S/C38H64N12O18S3/c1-16(52)28(50-29(59)17(39)14-69)36(66)46-20(6-8-26(55)56)32(62)48-23(13-51)35(65)45-21(9-11-71-2)33(63)44-19(5-7-25(53)54)31(61)43-18(4-3-10-42-38(40)41)30(60)47-22(12-27(57)58)34(64)49-24(15-70)37(67)68/h16-24,28,51-52,69-70H,3-15,39H2,1-2H3,(H,43,61)(H,44,63)(H,45,65)(H,46,66)(H,47,60)(H,48,62)(H,49,64)(H,50,59)(H,53,54)(H,55,56)(H,57,58)(H,67,68)(H4,40,41,42)/t16-,17+,18+,19+,20+,21+,22+,23+,24+,28+/m1/s1. The lowest BCUT2D eigenvalue weighted by Crippen LogP contribution is -2.61. The number of amides is 8. The van der Waals surface area contributed by atoms with Crippen molar-refractivity contribution in [2.45, 2.75) is 119 Å². The molecule has 0 bridgehead atoms. The van der Waals surface area contributed by atoms with Gasteiger partial charge in [-0.15, -0.1) is 0 Å². The van der Waals surface area contributed by atoms with Gasteiger partial charge in [0.2, 0.25) is 47.3 Å². The lowest BCUT2D eigenvalue weighted by atomic mass is 10.1. The van der Waals surface area contributed by atoms with Crippen LogP contribution in [0, 0.1) is 0 Å². The van der Waals surface area contributed by atoms with E-state index in [1.54, 1.807) is 6.26 Å². The van der Waals surface area contributed by atoms with Crippen LogP contribution < -0.4 is 59.7 Å². The van der Waals surface area contributed by atoms with E-state index >= 15 is 0 Å². The van der Waals surface area contributed by atoms with E-state index in [2.05, 4.69) is 67.5 Å². The number of carbonyl (C=O) groups excluding carboxylic acids is 8. The molecule has 0 aliphatic carbocycles. The molecule has 8 amide bonds. The summed E-state index contributed by atoms with van der Waals surface area (Å²) in [5.41, 5.74) is 16.3. The van der Waals surface area contributed by atoms with Gasteiger partial charge in [0.15, 0.2) is 5.96 Å². The van der Waals surface area contributed by atoms with Gasteiger partial charge >= 0.3 is 23.9 Å². The van der Waals surface area contributed by atoms with E-state index in [1.165, 1.54) is 11.8 Å². The Morgan fingerprint density at radius 1 is 0.549 bits per heavy atom. The van der Waals surface area contributed by atoms with Crippen LogP contribution >= 0.6 is 37.0 Å². The highest BCUT2D eigenvalue weighted by molar-refractivity contribution is 7.98. The maximum Gasteiger partial charge on any atom is 0.327 e. The Kier molecular flexibility index (Phi) is 31.2. The first kappa shape index (κ1) is 64.8. The van der Waals surface area contributed by atoms with Crippen molar-refractivity contribution in [2.24, 2.45) is 22.2 Å². The van der Waals surface area contributed by atoms with Crippen LogP contribution in [-0.4, -0.2) is 205 Å². The maximum atomic E-state index is 13.9. The molecule has 0 saturated carbocycles. The summed E-state index contributed by atoms with van der Waals surface area (Å²) in [5.74, 6) is -16.1. The third-order valence-corrected chi connectivity index (χ3v) is 11.0. The molecule has 0 spiro atoms. The van der Waals surface area contributed by atoms with Crippen molar-refractivity contribution in [3.8, 4) is 0 Å². The van der Waals surface area contributed by atoms with Gasteiger partial charge in [-0.05, 0) is 51.0 Å². The summed E-state index contributed by atoms with van der Waals surface area (Å²) in [6, 6.07) is -15.2. The smallest absolute Gasteiger partial charge is 0.327 e. The lowest BCUT2D eigenvalue weighted by Gasteiger charge is -2.28. The molecule has 0 aliphatic heterocycles. The van der Waals surface area contributed by atoms with Gasteiger partial charge in [-0.1, -0.05) is 0 Å². The molecule has 0 saturated heterocycles. The van der Waals surface area contributed by atoms with Crippen molar-refractivity contribution in [1.29, 1.82) is 0 Å². The zero-order chi connectivity index (χ0) is 54.5.